The third-order valence-electron chi connectivity index (χ3n) is 1.48. The molecule has 0 N–H and O–H groups in total. The molecule has 0 radical (unpaired) electrons. The maximum atomic E-state index is 5.85. The zero-order chi connectivity index (χ0) is 8.27. The first-order valence-electron chi connectivity index (χ1n) is 3.59. The minimum absolute atomic E-state index is 0.807. The molecule has 1 aromatic rings. The van der Waals surface area contributed by atoms with E-state index in [0.29, 0.717) is 0 Å². The highest BCUT2D eigenvalue weighted by atomic mass is 35.5. The lowest BCUT2D eigenvalue weighted by molar-refractivity contribution is 1.25. The van der Waals surface area contributed by atoms with Crippen LogP contribution < -0.4 is 0 Å². The Labute approximate surface area is 72.5 Å². The van der Waals surface area contributed by atoms with Crippen LogP contribution in [0.15, 0.2) is 30.9 Å². The van der Waals surface area contributed by atoms with Crippen LogP contribution in [0.3, 0.4) is 0 Å². The minimum Gasteiger partial charge on any atom is -0.103 e. The lowest BCUT2D eigenvalue weighted by atomic mass is 10.1. The van der Waals surface area contributed by atoms with Crippen molar-refractivity contribution in [2.24, 2.45) is 0 Å². The quantitative estimate of drug-likeness (QED) is 0.591. The molecule has 0 heterocycles. The molecular weight excluding hydrogens is 156 g/mol. The van der Waals surface area contributed by atoms with E-state index in [4.69, 9.17) is 11.6 Å². The normalized spacial score (nSPS) is 9.64. The topological polar surface area (TPSA) is 0 Å². The van der Waals surface area contributed by atoms with E-state index in [-0.39, 0.29) is 0 Å². The summed E-state index contributed by atoms with van der Waals surface area (Å²) in [5, 5.41) is 0.807. The molecule has 0 aliphatic carbocycles. The molecule has 0 saturated carbocycles. The monoisotopic (exact) mass is 166 g/mol. The first-order chi connectivity index (χ1) is 5.22. The van der Waals surface area contributed by atoms with Gasteiger partial charge in [0.25, 0.3) is 0 Å². The van der Waals surface area contributed by atoms with E-state index < -0.39 is 0 Å². The lowest BCUT2D eigenvalue weighted by Gasteiger charge is -1.99. The SMILES string of the molecule is C=CCc1cc(C)cc(Cl)c1. The zero-order valence-corrected chi connectivity index (χ0v) is 7.36. The number of halogens is 1. The summed E-state index contributed by atoms with van der Waals surface area (Å²) in [5.74, 6) is 0. The predicted molar refractivity (Wildman–Crippen MR) is 50.1 cm³/mol. The Bertz CT molecular complexity index is 243. The summed E-state index contributed by atoms with van der Waals surface area (Å²) in [7, 11) is 0. The van der Waals surface area contributed by atoms with Gasteiger partial charge in [-0.05, 0) is 36.6 Å². The molecular formula is C10H11Cl. The molecule has 0 nitrogen and oxygen atoms in total. The number of benzene rings is 1. The molecule has 0 saturated heterocycles. The molecule has 0 aromatic heterocycles. The molecule has 0 atom stereocenters. The Morgan fingerprint density at radius 1 is 1.45 bits per heavy atom. The van der Waals surface area contributed by atoms with Crippen LogP contribution >= 0.6 is 11.6 Å². The highest BCUT2D eigenvalue weighted by molar-refractivity contribution is 6.30. The second kappa shape index (κ2) is 3.59. The van der Waals surface area contributed by atoms with Crippen LogP contribution in [0.1, 0.15) is 11.1 Å². The number of hydrogen-bond donors (Lipinski definition) is 0. The minimum atomic E-state index is 0.807. The fourth-order valence-corrected chi connectivity index (χ4v) is 1.41. The van der Waals surface area contributed by atoms with Gasteiger partial charge >= 0.3 is 0 Å². The van der Waals surface area contributed by atoms with Gasteiger partial charge in [0.05, 0.1) is 0 Å². The van der Waals surface area contributed by atoms with Crippen molar-refractivity contribution in [3.05, 3.63) is 47.0 Å². The molecule has 0 fully saturated rings. The standard InChI is InChI=1S/C10H11Cl/c1-3-4-9-5-8(2)6-10(11)7-9/h3,5-7H,1,4H2,2H3. The number of rotatable bonds is 2. The van der Waals surface area contributed by atoms with E-state index in [1.54, 1.807) is 0 Å². The van der Waals surface area contributed by atoms with E-state index in [0.717, 1.165) is 11.4 Å². The van der Waals surface area contributed by atoms with Gasteiger partial charge in [-0.2, -0.15) is 0 Å². The van der Waals surface area contributed by atoms with Crippen LogP contribution in [-0.2, 0) is 6.42 Å². The summed E-state index contributed by atoms with van der Waals surface area (Å²) in [4.78, 5) is 0. The van der Waals surface area contributed by atoms with Crippen molar-refractivity contribution in [1.29, 1.82) is 0 Å². The smallest absolute Gasteiger partial charge is 0.0411 e. The molecule has 11 heavy (non-hydrogen) atoms. The molecule has 0 aliphatic rings. The maximum Gasteiger partial charge on any atom is 0.0411 e. The van der Waals surface area contributed by atoms with Gasteiger partial charge in [0, 0.05) is 5.02 Å². The Morgan fingerprint density at radius 3 is 2.73 bits per heavy atom. The van der Waals surface area contributed by atoms with Crippen LogP contribution in [0.2, 0.25) is 5.02 Å². The van der Waals surface area contributed by atoms with Crippen molar-refractivity contribution in [3.63, 3.8) is 0 Å². The fraction of sp³-hybridized carbons (Fsp3) is 0.200. The van der Waals surface area contributed by atoms with Gasteiger partial charge in [-0.25, -0.2) is 0 Å². The fourth-order valence-electron chi connectivity index (χ4n) is 1.10. The highest BCUT2D eigenvalue weighted by Gasteiger charge is 1.93. The van der Waals surface area contributed by atoms with Crippen molar-refractivity contribution in [1.82, 2.24) is 0 Å². The Morgan fingerprint density at radius 2 is 2.18 bits per heavy atom. The first-order valence-corrected chi connectivity index (χ1v) is 3.97. The Balaban J connectivity index is 2.98. The molecule has 0 unspecified atom stereocenters. The average Bonchev–Trinajstić information content (AvgIpc) is 1.85. The molecule has 0 spiro atoms. The van der Waals surface area contributed by atoms with Crippen LogP contribution in [0.25, 0.3) is 0 Å². The molecule has 58 valence electrons. The number of allylic oxidation sites excluding steroid dienone is 1. The van der Waals surface area contributed by atoms with E-state index in [1.165, 1.54) is 11.1 Å². The van der Waals surface area contributed by atoms with Crippen molar-refractivity contribution in [2.75, 3.05) is 0 Å². The Hall–Kier alpha value is -0.750. The van der Waals surface area contributed by atoms with Crippen molar-refractivity contribution in [3.8, 4) is 0 Å². The van der Waals surface area contributed by atoms with Gasteiger partial charge < -0.3 is 0 Å². The molecule has 0 bridgehead atoms. The van der Waals surface area contributed by atoms with Gasteiger partial charge in [0.2, 0.25) is 0 Å². The van der Waals surface area contributed by atoms with E-state index in [9.17, 15) is 0 Å². The largest absolute Gasteiger partial charge is 0.103 e. The maximum absolute atomic E-state index is 5.85. The third kappa shape index (κ3) is 2.39. The van der Waals surface area contributed by atoms with Gasteiger partial charge in [-0.1, -0.05) is 23.7 Å². The van der Waals surface area contributed by atoms with E-state index in [2.05, 4.69) is 12.6 Å². The number of aryl methyl sites for hydroxylation is 1. The molecule has 1 rings (SSSR count). The molecule has 1 aromatic carbocycles. The van der Waals surface area contributed by atoms with E-state index >= 15 is 0 Å². The first kappa shape index (κ1) is 8.35. The summed E-state index contributed by atoms with van der Waals surface area (Å²) >= 11 is 5.85. The van der Waals surface area contributed by atoms with Crippen molar-refractivity contribution in [2.45, 2.75) is 13.3 Å². The Kier molecular flexibility index (Phi) is 2.72. The summed E-state index contributed by atoms with van der Waals surface area (Å²) < 4.78 is 0. The van der Waals surface area contributed by atoms with Gasteiger partial charge in [0.15, 0.2) is 0 Å². The van der Waals surface area contributed by atoms with E-state index in [1.807, 2.05) is 25.1 Å². The highest BCUT2D eigenvalue weighted by Crippen LogP contribution is 2.14. The van der Waals surface area contributed by atoms with Gasteiger partial charge in [-0.3, -0.25) is 0 Å². The van der Waals surface area contributed by atoms with Gasteiger partial charge in [-0.15, -0.1) is 6.58 Å². The van der Waals surface area contributed by atoms with Gasteiger partial charge in [0.1, 0.15) is 0 Å². The van der Waals surface area contributed by atoms with Crippen molar-refractivity contribution >= 4 is 11.6 Å². The number of hydrogen-bond acceptors (Lipinski definition) is 0. The van der Waals surface area contributed by atoms with Crippen LogP contribution in [0, 0.1) is 6.92 Å². The third-order valence-corrected chi connectivity index (χ3v) is 1.70. The summed E-state index contributed by atoms with van der Waals surface area (Å²) in [6.07, 6.45) is 2.77. The second-order valence-corrected chi connectivity index (χ2v) is 3.07. The lowest BCUT2D eigenvalue weighted by Crippen LogP contribution is -1.82. The zero-order valence-electron chi connectivity index (χ0n) is 6.60. The summed E-state index contributed by atoms with van der Waals surface area (Å²) in [6, 6.07) is 6.04. The van der Waals surface area contributed by atoms with Crippen molar-refractivity contribution < 1.29 is 0 Å². The molecule has 0 amide bonds. The summed E-state index contributed by atoms with van der Waals surface area (Å²) in [6.45, 7) is 5.71. The second-order valence-electron chi connectivity index (χ2n) is 2.63. The van der Waals surface area contributed by atoms with Crippen LogP contribution in [-0.4, -0.2) is 0 Å². The average molecular weight is 167 g/mol. The van der Waals surface area contributed by atoms with Crippen LogP contribution in [0.5, 0.6) is 0 Å². The molecule has 0 aliphatic heterocycles. The molecule has 1 heteroatoms. The predicted octanol–water partition coefficient (Wildman–Crippen LogP) is 3.38. The summed E-state index contributed by atoms with van der Waals surface area (Å²) in [5.41, 5.74) is 2.43. The van der Waals surface area contributed by atoms with Crippen LogP contribution in [0.4, 0.5) is 0 Å².